The third kappa shape index (κ3) is 4.80. The lowest BCUT2D eigenvalue weighted by Crippen LogP contribution is -2.59. The maximum atomic E-state index is 3.77. The van der Waals surface area contributed by atoms with Gasteiger partial charge >= 0.3 is 0 Å². The molecule has 1 N–H and O–H groups in total. The van der Waals surface area contributed by atoms with Gasteiger partial charge in [0.25, 0.3) is 0 Å². The molecule has 0 radical (unpaired) electrons. The van der Waals surface area contributed by atoms with Gasteiger partial charge in [0, 0.05) is 36.2 Å². The van der Waals surface area contributed by atoms with Crippen molar-refractivity contribution in [1.29, 1.82) is 0 Å². The van der Waals surface area contributed by atoms with Gasteiger partial charge in [0.05, 0.1) is 0 Å². The van der Waals surface area contributed by atoms with E-state index in [2.05, 4.69) is 78.1 Å². The van der Waals surface area contributed by atoms with Crippen LogP contribution in [0.5, 0.6) is 0 Å². The highest BCUT2D eigenvalue weighted by Crippen LogP contribution is 2.26. The summed E-state index contributed by atoms with van der Waals surface area (Å²) in [6, 6.07) is 10.0. The molecule has 1 aliphatic rings. The summed E-state index contributed by atoms with van der Waals surface area (Å²) < 4.78 is 1.16. The number of hydrogen-bond donors (Lipinski definition) is 1. The largest absolute Gasteiger partial charge is 0.311 e. The zero-order chi connectivity index (χ0) is 15.5. The van der Waals surface area contributed by atoms with Crippen molar-refractivity contribution in [3.63, 3.8) is 0 Å². The first kappa shape index (κ1) is 17.0. The van der Waals surface area contributed by atoms with Gasteiger partial charge < -0.3 is 5.32 Å². The monoisotopic (exact) mass is 352 g/mol. The van der Waals surface area contributed by atoms with Crippen LogP contribution in [0.1, 0.15) is 46.1 Å². The quantitative estimate of drug-likeness (QED) is 0.861. The lowest BCUT2D eigenvalue weighted by atomic mass is 9.84. The molecule has 1 aromatic rings. The minimum absolute atomic E-state index is 0.315. The maximum Gasteiger partial charge on any atom is 0.0244 e. The van der Waals surface area contributed by atoms with Crippen LogP contribution in [0.15, 0.2) is 28.7 Å². The molecule has 2 rings (SSSR count). The van der Waals surface area contributed by atoms with Gasteiger partial charge in [-0.25, -0.2) is 0 Å². The van der Waals surface area contributed by atoms with Gasteiger partial charge in [0.15, 0.2) is 0 Å². The first-order valence-electron chi connectivity index (χ1n) is 8.12. The average Bonchev–Trinajstić information content (AvgIpc) is 2.42. The fourth-order valence-electron chi connectivity index (χ4n) is 3.07. The number of piperazine rings is 1. The van der Waals surface area contributed by atoms with Gasteiger partial charge in [-0.05, 0) is 29.5 Å². The minimum Gasteiger partial charge on any atom is -0.311 e. The average molecular weight is 353 g/mol. The molecule has 1 saturated heterocycles. The number of rotatable bonds is 4. The minimum atomic E-state index is 0.315. The summed E-state index contributed by atoms with van der Waals surface area (Å²) in [4.78, 5) is 2.68. The van der Waals surface area contributed by atoms with E-state index in [9.17, 15) is 0 Å². The van der Waals surface area contributed by atoms with Crippen LogP contribution >= 0.6 is 15.9 Å². The number of hydrogen-bond acceptors (Lipinski definition) is 2. The molecule has 1 aromatic carbocycles. The summed E-state index contributed by atoms with van der Waals surface area (Å²) in [5.74, 6) is 0. The zero-order valence-electron chi connectivity index (χ0n) is 13.8. The van der Waals surface area contributed by atoms with Gasteiger partial charge in [-0.15, -0.1) is 0 Å². The van der Waals surface area contributed by atoms with Crippen molar-refractivity contribution in [2.24, 2.45) is 5.41 Å². The summed E-state index contributed by atoms with van der Waals surface area (Å²) in [6.07, 6.45) is 2.53. The van der Waals surface area contributed by atoms with Crippen molar-refractivity contribution in [2.75, 3.05) is 13.1 Å². The Labute approximate surface area is 138 Å². The highest BCUT2D eigenvalue weighted by atomic mass is 79.9. The van der Waals surface area contributed by atoms with Crippen molar-refractivity contribution in [2.45, 2.75) is 59.2 Å². The SMILES string of the molecule is CCCC1CNC(C(C)(C)C)CN1Cc1ccc(Br)cc1. The molecule has 0 amide bonds. The van der Waals surface area contributed by atoms with Gasteiger partial charge in [0.1, 0.15) is 0 Å². The van der Waals surface area contributed by atoms with Crippen LogP contribution in [-0.2, 0) is 6.54 Å². The molecule has 2 nitrogen and oxygen atoms in total. The Morgan fingerprint density at radius 1 is 1.24 bits per heavy atom. The lowest BCUT2D eigenvalue weighted by Gasteiger charge is -2.45. The zero-order valence-corrected chi connectivity index (χ0v) is 15.4. The predicted molar refractivity (Wildman–Crippen MR) is 94.5 cm³/mol. The summed E-state index contributed by atoms with van der Waals surface area (Å²) in [6.45, 7) is 12.6. The van der Waals surface area contributed by atoms with Crippen molar-refractivity contribution >= 4 is 15.9 Å². The fraction of sp³-hybridized carbons (Fsp3) is 0.667. The van der Waals surface area contributed by atoms with Crippen LogP contribution in [0, 0.1) is 5.41 Å². The van der Waals surface area contributed by atoms with E-state index in [1.165, 1.54) is 18.4 Å². The third-order valence-corrected chi connectivity index (χ3v) is 5.03. The molecule has 1 heterocycles. The first-order valence-corrected chi connectivity index (χ1v) is 8.91. The third-order valence-electron chi connectivity index (χ3n) is 4.50. The molecule has 1 fully saturated rings. The van der Waals surface area contributed by atoms with Gasteiger partial charge in [-0.3, -0.25) is 4.90 Å². The molecule has 2 unspecified atom stereocenters. The van der Waals surface area contributed by atoms with Crippen LogP contribution in [0.3, 0.4) is 0 Å². The van der Waals surface area contributed by atoms with Crippen LogP contribution in [0.2, 0.25) is 0 Å². The lowest BCUT2D eigenvalue weighted by molar-refractivity contribution is 0.0748. The van der Waals surface area contributed by atoms with Crippen molar-refractivity contribution in [3.05, 3.63) is 34.3 Å². The molecule has 21 heavy (non-hydrogen) atoms. The Hall–Kier alpha value is -0.380. The van der Waals surface area contributed by atoms with E-state index < -0.39 is 0 Å². The standard InChI is InChI=1S/C18H29BrN2/c1-5-6-16-11-20-17(18(2,3)4)13-21(16)12-14-7-9-15(19)10-8-14/h7-10,16-17,20H,5-6,11-13H2,1-4H3. The van der Waals surface area contributed by atoms with E-state index in [-0.39, 0.29) is 0 Å². The van der Waals surface area contributed by atoms with Crippen molar-refractivity contribution in [1.82, 2.24) is 10.2 Å². The Bertz CT molecular complexity index is 436. The van der Waals surface area contributed by atoms with Gasteiger partial charge in [-0.1, -0.05) is 62.2 Å². The fourth-order valence-corrected chi connectivity index (χ4v) is 3.34. The van der Waals surface area contributed by atoms with E-state index in [4.69, 9.17) is 0 Å². The van der Waals surface area contributed by atoms with Crippen molar-refractivity contribution in [3.8, 4) is 0 Å². The summed E-state index contributed by atoms with van der Waals surface area (Å²) in [7, 11) is 0. The van der Waals surface area contributed by atoms with Crippen LogP contribution in [0.4, 0.5) is 0 Å². The molecule has 118 valence electrons. The van der Waals surface area contributed by atoms with Crippen LogP contribution in [-0.4, -0.2) is 30.1 Å². The normalized spacial score (nSPS) is 24.2. The summed E-state index contributed by atoms with van der Waals surface area (Å²) in [5, 5.41) is 3.77. The Kier molecular flexibility index (Phi) is 5.87. The van der Waals surface area contributed by atoms with Crippen LogP contribution < -0.4 is 5.32 Å². The van der Waals surface area contributed by atoms with E-state index in [1.54, 1.807) is 0 Å². The predicted octanol–water partition coefficient (Wildman–Crippen LogP) is 4.44. The van der Waals surface area contributed by atoms with E-state index in [0.29, 0.717) is 17.5 Å². The van der Waals surface area contributed by atoms with E-state index >= 15 is 0 Å². The van der Waals surface area contributed by atoms with E-state index in [0.717, 1.165) is 24.1 Å². The summed E-state index contributed by atoms with van der Waals surface area (Å²) in [5.41, 5.74) is 1.73. The second-order valence-corrected chi connectivity index (χ2v) is 8.24. The highest BCUT2D eigenvalue weighted by Gasteiger charge is 2.33. The molecule has 3 heteroatoms. The number of nitrogens with one attached hydrogen (secondary N) is 1. The number of benzene rings is 1. The Balaban J connectivity index is 2.08. The molecule has 2 atom stereocenters. The second-order valence-electron chi connectivity index (χ2n) is 7.33. The Morgan fingerprint density at radius 3 is 2.48 bits per heavy atom. The smallest absolute Gasteiger partial charge is 0.0244 e. The van der Waals surface area contributed by atoms with Gasteiger partial charge in [-0.2, -0.15) is 0 Å². The first-order chi connectivity index (χ1) is 9.90. The number of halogens is 1. The van der Waals surface area contributed by atoms with E-state index in [1.807, 2.05) is 0 Å². The van der Waals surface area contributed by atoms with Crippen molar-refractivity contribution < 1.29 is 0 Å². The van der Waals surface area contributed by atoms with Gasteiger partial charge in [0.2, 0.25) is 0 Å². The molecule has 0 saturated carbocycles. The topological polar surface area (TPSA) is 15.3 Å². The maximum absolute atomic E-state index is 3.77. The van der Waals surface area contributed by atoms with Crippen LogP contribution in [0.25, 0.3) is 0 Å². The molecule has 1 aliphatic heterocycles. The molecular formula is C18H29BrN2. The number of nitrogens with zero attached hydrogens (tertiary/aromatic N) is 1. The summed E-state index contributed by atoms with van der Waals surface area (Å²) >= 11 is 3.52. The molecule has 0 bridgehead atoms. The molecule has 0 spiro atoms. The molecule has 0 aliphatic carbocycles. The second kappa shape index (κ2) is 7.26. The molecular weight excluding hydrogens is 324 g/mol. The molecule has 0 aromatic heterocycles. The highest BCUT2D eigenvalue weighted by molar-refractivity contribution is 9.10. The Morgan fingerprint density at radius 2 is 1.90 bits per heavy atom.